The van der Waals surface area contributed by atoms with Crippen LogP contribution < -0.4 is 16.4 Å². The zero-order valence-electron chi connectivity index (χ0n) is 36.6. The Hall–Kier alpha value is -5.81. The van der Waals surface area contributed by atoms with Crippen molar-refractivity contribution in [2.45, 2.75) is 135 Å². The average molecular weight is 880 g/mol. The van der Waals surface area contributed by atoms with Crippen LogP contribution in [0, 0.1) is 39.2 Å². The summed E-state index contributed by atoms with van der Waals surface area (Å²) in [6, 6.07) is -1.03. The molecule has 3 fully saturated rings. The Morgan fingerprint density at radius 1 is 0.937 bits per heavy atom. The lowest BCUT2D eigenvalue weighted by molar-refractivity contribution is -0.384. The van der Waals surface area contributed by atoms with Crippen LogP contribution in [0.1, 0.15) is 138 Å². The summed E-state index contributed by atoms with van der Waals surface area (Å²) >= 11 is 0. The maximum absolute atomic E-state index is 14.6. The predicted octanol–water partition coefficient (Wildman–Crippen LogP) is 4.40. The minimum atomic E-state index is -1.53. The van der Waals surface area contributed by atoms with Gasteiger partial charge in [0.25, 0.3) is 5.69 Å². The molecule has 63 heavy (non-hydrogen) atoms. The Morgan fingerprint density at radius 2 is 1.56 bits per heavy atom. The van der Waals surface area contributed by atoms with Crippen LogP contribution >= 0.6 is 0 Å². The molecule has 0 bridgehead atoms. The number of hydrogen-bond donors (Lipinski definition) is 4. The normalized spacial score (nSPS) is 19.4. The highest BCUT2D eigenvalue weighted by molar-refractivity contribution is 6.08. The van der Waals surface area contributed by atoms with Crippen LogP contribution in [0.25, 0.3) is 0 Å². The minimum absolute atomic E-state index is 0.0379. The maximum Gasteiger partial charge on any atom is 0.336 e. The van der Waals surface area contributed by atoms with E-state index in [-0.39, 0.29) is 43.3 Å². The first-order chi connectivity index (χ1) is 29.7. The summed E-state index contributed by atoms with van der Waals surface area (Å²) in [6.45, 7) is 4.47. The lowest BCUT2D eigenvalue weighted by Gasteiger charge is -2.37. The molecule has 2 saturated carbocycles. The number of rotatable bonds is 20. The topological polar surface area (TPSA) is 280 Å². The van der Waals surface area contributed by atoms with E-state index < -0.39 is 117 Å². The number of allylic oxidation sites excluding steroid dienone is 1. The Kier molecular flexibility index (Phi) is 17.8. The van der Waals surface area contributed by atoms with Crippen molar-refractivity contribution in [3.05, 3.63) is 51.6 Å². The number of amides is 4. The van der Waals surface area contributed by atoms with E-state index in [1.807, 2.05) is 0 Å². The number of nitrogens with one attached hydrogen (secondary N) is 2. The van der Waals surface area contributed by atoms with Crippen molar-refractivity contribution in [1.82, 2.24) is 15.5 Å². The van der Waals surface area contributed by atoms with Crippen molar-refractivity contribution >= 4 is 58.6 Å². The van der Waals surface area contributed by atoms with Crippen molar-refractivity contribution < 1.29 is 57.9 Å². The number of carboxylic acids is 1. The van der Waals surface area contributed by atoms with Gasteiger partial charge < -0.3 is 31.1 Å². The highest BCUT2D eigenvalue weighted by Gasteiger charge is 2.46. The molecule has 1 aromatic carbocycles. The van der Waals surface area contributed by atoms with Gasteiger partial charge in [0.05, 0.1) is 30.2 Å². The summed E-state index contributed by atoms with van der Waals surface area (Å²) in [5.41, 5.74) is 3.20. The molecule has 1 aromatic rings. The molecule has 1 heterocycles. The fraction of sp³-hybridized carbons (Fsp3) is 0.622. The number of nitro groups is 1. The van der Waals surface area contributed by atoms with E-state index in [4.69, 9.17) is 5.73 Å². The first-order valence-electron chi connectivity index (χ1n) is 21.8. The Bertz CT molecular complexity index is 1960. The zero-order chi connectivity index (χ0) is 46.6. The number of nitrogens with zero attached hydrogens (tertiary/aromatic N) is 2. The van der Waals surface area contributed by atoms with Crippen molar-refractivity contribution in [1.29, 1.82) is 0 Å². The molecule has 0 aromatic heterocycles. The van der Waals surface area contributed by atoms with Crippen LogP contribution in [0.3, 0.4) is 0 Å². The molecule has 0 radical (unpaired) electrons. The second kappa shape index (κ2) is 22.5. The maximum atomic E-state index is 14.6. The van der Waals surface area contributed by atoms with E-state index in [1.54, 1.807) is 20.8 Å². The van der Waals surface area contributed by atoms with Gasteiger partial charge in [0.2, 0.25) is 23.6 Å². The van der Waals surface area contributed by atoms with E-state index in [0.717, 1.165) is 80.5 Å². The third kappa shape index (κ3) is 13.6. The number of carboxylic acid groups (broad SMARTS) is 1. The second-order valence-electron chi connectivity index (χ2n) is 18.1. The van der Waals surface area contributed by atoms with E-state index in [2.05, 4.69) is 15.4 Å². The predicted molar refractivity (Wildman–Crippen MR) is 227 cm³/mol. The van der Waals surface area contributed by atoms with Gasteiger partial charge in [-0.15, -0.1) is 0 Å². The third-order valence-corrected chi connectivity index (χ3v) is 12.6. The molecule has 1 aliphatic heterocycles. The van der Waals surface area contributed by atoms with E-state index in [9.17, 15) is 58.4 Å². The first-order valence-corrected chi connectivity index (χ1v) is 21.8. The van der Waals surface area contributed by atoms with E-state index >= 15 is 0 Å². The second-order valence-corrected chi connectivity index (χ2v) is 18.1. The molecular formula is C45H61N5O13. The van der Waals surface area contributed by atoms with Gasteiger partial charge in [0.1, 0.15) is 12.1 Å². The first kappa shape index (κ1) is 49.8. The molecule has 5 N–H and O–H groups in total. The molecule has 4 amide bonds. The zero-order valence-corrected chi connectivity index (χ0v) is 36.6. The number of nitrogens with two attached hydrogens (primary N) is 1. The Morgan fingerprint density at radius 3 is 2.11 bits per heavy atom. The SMILES string of the molecule is COC(=O)/C=C/CC[C@H](CC(=O)c1cc([N+](=O)[O-])ccc1C(=O)O)C(=O)N[C@H](C(=O)N1CC(=O)C[C@H]1C(=O)N[C@H](C(=O)C[C@H](C(N)=O)C1CCCCC1)C1CCCCC1)C(C)(C)C. The number of ketones is 3. The summed E-state index contributed by atoms with van der Waals surface area (Å²) < 4.78 is 4.60. The number of methoxy groups -OCH3 is 1. The Labute approximate surface area is 366 Å². The molecule has 4 rings (SSSR count). The number of carbonyl (C=O) groups is 9. The van der Waals surface area contributed by atoms with E-state index in [0.29, 0.717) is 12.8 Å². The minimum Gasteiger partial charge on any atom is -0.478 e. The number of esters is 1. The van der Waals surface area contributed by atoms with Gasteiger partial charge in [0, 0.05) is 54.9 Å². The molecule has 3 aliphatic rings. The van der Waals surface area contributed by atoms with Gasteiger partial charge in [-0.05, 0) is 61.8 Å². The number of likely N-dealkylation sites (tertiary alicyclic amines) is 1. The van der Waals surface area contributed by atoms with Crippen LogP contribution in [-0.4, -0.2) is 99.6 Å². The molecule has 18 heteroatoms. The highest BCUT2D eigenvalue weighted by Crippen LogP contribution is 2.35. The van der Waals surface area contributed by atoms with E-state index in [1.165, 1.54) is 13.2 Å². The third-order valence-electron chi connectivity index (χ3n) is 12.6. The number of primary amides is 1. The highest BCUT2D eigenvalue weighted by atomic mass is 16.6. The van der Waals surface area contributed by atoms with Gasteiger partial charge in [-0.2, -0.15) is 0 Å². The van der Waals surface area contributed by atoms with Gasteiger partial charge in [-0.3, -0.25) is 43.7 Å². The van der Waals surface area contributed by atoms with Gasteiger partial charge in [-0.1, -0.05) is 65.4 Å². The molecule has 18 nitrogen and oxygen atoms in total. The fourth-order valence-electron chi connectivity index (χ4n) is 9.06. The molecule has 0 unspecified atom stereocenters. The number of Topliss-reactive ketones (excluding diaryl/α,β-unsaturated/α-hetero) is 3. The van der Waals surface area contributed by atoms with Gasteiger partial charge in [0.15, 0.2) is 17.3 Å². The summed E-state index contributed by atoms with van der Waals surface area (Å²) in [5.74, 6) is -8.99. The fourth-order valence-corrected chi connectivity index (χ4v) is 9.06. The van der Waals surface area contributed by atoms with Gasteiger partial charge >= 0.3 is 11.9 Å². The smallest absolute Gasteiger partial charge is 0.336 e. The Balaban J connectivity index is 1.60. The largest absolute Gasteiger partial charge is 0.478 e. The number of hydrogen-bond acceptors (Lipinski definition) is 12. The molecule has 2 aliphatic carbocycles. The molecule has 344 valence electrons. The quantitative estimate of drug-likeness (QED) is 0.0465. The van der Waals surface area contributed by atoms with Gasteiger partial charge in [-0.25, -0.2) is 9.59 Å². The van der Waals surface area contributed by atoms with Crippen LogP contribution in [0.2, 0.25) is 0 Å². The van der Waals surface area contributed by atoms with Crippen LogP contribution in [-0.2, 0) is 38.3 Å². The van der Waals surface area contributed by atoms with Crippen LogP contribution in [0.5, 0.6) is 0 Å². The van der Waals surface area contributed by atoms with Crippen molar-refractivity contribution in [3.63, 3.8) is 0 Å². The number of benzene rings is 1. The standard InChI is InChI=1S/C45H61N5O13/c1-45(2,3)39(48-41(56)28(17-11-12-18-37(54)63-4)21-35(52)33-22-29(50(61)62)19-20-31(33)44(59)60)43(58)49-25-30(51)23-34(49)42(57)47-38(27-15-9-6-10-16-27)36(53)24-32(40(46)55)26-13-7-5-8-14-26/h12,18-20,22,26-28,32,34,38-39H,5-11,13-17,21,23-25H2,1-4H3,(H2,46,55)(H,47,57)(H,48,56)(H,59,60)/b18-12+/t28-,32+,34+,38+,39-/m1/s1. The number of non-ortho nitro benzene ring substituents is 1. The summed E-state index contributed by atoms with van der Waals surface area (Å²) in [5, 5.41) is 26.8. The lowest BCUT2D eigenvalue weighted by Crippen LogP contribution is -2.59. The molecule has 1 saturated heterocycles. The van der Waals surface area contributed by atoms with Crippen molar-refractivity contribution in [3.8, 4) is 0 Å². The number of nitro benzene ring substituents is 1. The summed E-state index contributed by atoms with van der Waals surface area (Å²) in [4.78, 5) is 132. The molecule has 0 spiro atoms. The van der Waals surface area contributed by atoms with Crippen LogP contribution in [0.15, 0.2) is 30.4 Å². The van der Waals surface area contributed by atoms with Crippen molar-refractivity contribution in [2.24, 2.45) is 34.8 Å². The summed E-state index contributed by atoms with van der Waals surface area (Å²) in [6.07, 6.45) is 9.74. The number of carbonyl (C=O) groups excluding carboxylic acids is 8. The number of ether oxygens (including phenoxy) is 1. The summed E-state index contributed by atoms with van der Waals surface area (Å²) in [7, 11) is 1.17. The number of aromatic carboxylic acids is 1. The van der Waals surface area contributed by atoms with Crippen molar-refractivity contribution in [2.75, 3.05) is 13.7 Å². The van der Waals surface area contributed by atoms with Crippen LogP contribution in [0.4, 0.5) is 5.69 Å². The monoisotopic (exact) mass is 879 g/mol. The molecular weight excluding hydrogens is 819 g/mol. The lowest BCUT2D eigenvalue weighted by atomic mass is 9.75. The molecule has 5 atom stereocenters. The average Bonchev–Trinajstić information content (AvgIpc) is 3.65.